The number of nitrogens with zero attached hydrogens (tertiary/aromatic N) is 3. The Labute approximate surface area is 167 Å². The molecule has 1 aromatic heterocycles. The maximum atomic E-state index is 13.1. The summed E-state index contributed by atoms with van der Waals surface area (Å²) in [5.41, 5.74) is 2.77. The highest BCUT2D eigenvalue weighted by atomic mass is 19.1. The van der Waals surface area contributed by atoms with Crippen molar-refractivity contribution in [3.8, 4) is 0 Å². The smallest absolute Gasteiger partial charge is 0.274 e. The van der Waals surface area contributed by atoms with Crippen molar-refractivity contribution in [3.63, 3.8) is 0 Å². The molecule has 0 radical (unpaired) electrons. The van der Waals surface area contributed by atoms with E-state index >= 15 is 0 Å². The molecule has 0 saturated carbocycles. The summed E-state index contributed by atoms with van der Waals surface area (Å²) in [7, 11) is 0. The average molecular weight is 394 g/mol. The fourth-order valence-corrected chi connectivity index (χ4v) is 3.31. The summed E-state index contributed by atoms with van der Waals surface area (Å²) in [5, 5.41) is 2.70. The van der Waals surface area contributed by atoms with E-state index in [1.54, 1.807) is 24.4 Å². The van der Waals surface area contributed by atoms with Gasteiger partial charge in [0.2, 0.25) is 0 Å². The third kappa shape index (κ3) is 4.51. The second-order valence-corrected chi connectivity index (χ2v) is 6.81. The number of amides is 1. The van der Waals surface area contributed by atoms with Crippen LogP contribution in [0.2, 0.25) is 0 Å². The molecule has 4 rings (SSSR count). The molecule has 0 bridgehead atoms. The zero-order valence-corrected chi connectivity index (χ0v) is 15.7. The van der Waals surface area contributed by atoms with Crippen LogP contribution in [0.1, 0.15) is 10.5 Å². The number of piperazine rings is 1. The number of nitrogens with one attached hydrogen (secondary N) is 1. The molecule has 2 heterocycles. The standard InChI is InChI=1S/C22H20F2N4O/c23-16-1-5-18(6-2-16)26-22(29)21-10-9-20(15-25-21)28-13-11-27(12-14-28)19-7-3-17(24)4-8-19/h1-10,15H,11-14H2,(H,26,29). The molecule has 7 heteroatoms. The fraction of sp³-hybridized carbons (Fsp3) is 0.182. The predicted octanol–water partition coefficient (Wildman–Crippen LogP) is 3.94. The van der Waals surface area contributed by atoms with E-state index in [1.807, 2.05) is 6.07 Å². The molecule has 0 unspecified atom stereocenters. The van der Waals surface area contributed by atoms with Crippen molar-refractivity contribution >= 4 is 23.0 Å². The first kappa shape index (κ1) is 18.9. The molecule has 1 saturated heterocycles. The third-order valence-corrected chi connectivity index (χ3v) is 4.92. The Morgan fingerprint density at radius 3 is 1.83 bits per heavy atom. The van der Waals surface area contributed by atoms with Crippen molar-refractivity contribution in [3.05, 3.63) is 84.2 Å². The molecule has 1 N–H and O–H groups in total. The topological polar surface area (TPSA) is 48.5 Å². The fourth-order valence-electron chi connectivity index (χ4n) is 3.31. The molecule has 1 amide bonds. The molecule has 148 valence electrons. The molecular formula is C22H20F2N4O. The highest BCUT2D eigenvalue weighted by Crippen LogP contribution is 2.21. The van der Waals surface area contributed by atoms with Gasteiger partial charge in [-0.15, -0.1) is 0 Å². The first-order chi connectivity index (χ1) is 14.1. The number of rotatable bonds is 4. The maximum Gasteiger partial charge on any atom is 0.274 e. The second kappa shape index (κ2) is 8.26. The van der Waals surface area contributed by atoms with Crippen LogP contribution in [0.3, 0.4) is 0 Å². The Hall–Kier alpha value is -3.48. The van der Waals surface area contributed by atoms with Crippen LogP contribution in [-0.4, -0.2) is 37.1 Å². The quantitative estimate of drug-likeness (QED) is 0.728. The lowest BCUT2D eigenvalue weighted by atomic mass is 10.2. The van der Waals surface area contributed by atoms with Crippen LogP contribution in [0, 0.1) is 11.6 Å². The lowest BCUT2D eigenvalue weighted by Crippen LogP contribution is -2.46. The van der Waals surface area contributed by atoms with Crippen LogP contribution >= 0.6 is 0 Å². The Bertz CT molecular complexity index is 967. The average Bonchev–Trinajstić information content (AvgIpc) is 2.76. The number of hydrogen-bond acceptors (Lipinski definition) is 4. The number of carbonyl (C=O) groups is 1. The molecule has 2 aromatic carbocycles. The van der Waals surface area contributed by atoms with Gasteiger partial charge in [0.1, 0.15) is 17.3 Å². The summed E-state index contributed by atoms with van der Waals surface area (Å²) >= 11 is 0. The van der Waals surface area contributed by atoms with E-state index in [1.165, 1.54) is 36.4 Å². The number of anilines is 3. The number of carbonyl (C=O) groups excluding carboxylic acids is 1. The van der Waals surface area contributed by atoms with Gasteiger partial charge in [0.25, 0.3) is 5.91 Å². The monoisotopic (exact) mass is 394 g/mol. The summed E-state index contributed by atoms with van der Waals surface area (Å²) in [6, 6.07) is 15.7. The van der Waals surface area contributed by atoms with Gasteiger partial charge in [-0.05, 0) is 60.7 Å². The van der Waals surface area contributed by atoms with Crippen molar-refractivity contribution in [1.82, 2.24) is 4.98 Å². The summed E-state index contributed by atoms with van der Waals surface area (Å²) in [6.07, 6.45) is 1.69. The molecule has 1 aliphatic heterocycles. The number of benzene rings is 2. The van der Waals surface area contributed by atoms with Crippen molar-refractivity contribution < 1.29 is 13.6 Å². The van der Waals surface area contributed by atoms with Crippen LogP contribution < -0.4 is 15.1 Å². The minimum Gasteiger partial charge on any atom is -0.368 e. The lowest BCUT2D eigenvalue weighted by Gasteiger charge is -2.37. The largest absolute Gasteiger partial charge is 0.368 e. The Morgan fingerprint density at radius 2 is 1.28 bits per heavy atom. The van der Waals surface area contributed by atoms with Gasteiger partial charge in [-0.2, -0.15) is 0 Å². The van der Waals surface area contributed by atoms with Crippen molar-refractivity contribution in [2.75, 3.05) is 41.3 Å². The van der Waals surface area contributed by atoms with Crippen LogP contribution in [0.5, 0.6) is 0 Å². The molecule has 3 aromatic rings. The highest BCUT2D eigenvalue weighted by Gasteiger charge is 2.18. The van der Waals surface area contributed by atoms with E-state index in [2.05, 4.69) is 20.1 Å². The maximum absolute atomic E-state index is 13.1. The van der Waals surface area contributed by atoms with Gasteiger partial charge >= 0.3 is 0 Å². The number of hydrogen-bond donors (Lipinski definition) is 1. The molecule has 1 fully saturated rings. The first-order valence-corrected chi connectivity index (χ1v) is 9.37. The molecule has 0 spiro atoms. The molecule has 29 heavy (non-hydrogen) atoms. The second-order valence-electron chi connectivity index (χ2n) is 6.81. The van der Waals surface area contributed by atoms with Crippen molar-refractivity contribution in [1.29, 1.82) is 0 Å². The lowest BCUT2D eigenvalue weighted by molar-refractivity contribution is 0.102. The van der Waals surface area contributed by atoms with E-state index in [9.17, 15) is 13.6 Å². The van der Waals surface area contributed by atoms with E-state index in [-0.39, 0.29) is 17.5 Å². The Kier molecular flexibility index (Phi) is 5.37. The molecule has 5 nitrogen and oxygen atoms in total. The number of pyridine rings is 1. The molecule has 0 atom stereocenters. The van der Waals surface area contributed by atoms with Crippen LogP contribution in [-0.2, 0) is 0 Å². The van der Waals surface area contributed by atoms with Gasteiger partial charge in [-0.25, -0.2) is 13.8 Å². The van der Waals surface area contributed by atoms with Crippen LogP contribution in [0.25, 0.3) is 0 Å². The minimum atomic E-state index is -0.356. The molecular weight excluding hydrogens is 374 g/mol. The number of aromatic nitrogens is 1. The van der Waals surface area contributed by atoms with Crippen molar-refractivity contribution in [2.45, 2.75) is 0 Å². The molecule has 0 aliphatic carbocycles. The van der Waals surface area contributed by atoms with Gasteiger partial charge in [0.05, 0.1) is 11.9 Å². The summed E-state index contributed by atoms with van der Waals surface area (Å²) in [6.45, 7) is 3.25. The molecule has 1 aliphatic rings. The van der Waals surface area contributed by atoms with Gasteiger partial charge in [0.15, 0.2) is 0 Å². The minimum absolute atomic E-state index is 0.234. The zero-order valence-electron chi connectivity index (χ0n) is 15.7. The van der Waals surface area contributed by atoms with Crippen molar-refractivity contribution in [2.24, 2.45) is 0 Å². The number of halogens is 2. The van der Waals surface area contributed by atoms with E-state index < -0.39 is 0 Å². The SMILES string of the molecule is O=C(Nc1ccc(F)cc1)c1ccc(N2CCN(c3ccc(F)cc3)CC2)cn1. The van der Waals surface area contributed by atoms with Gasteiger partial charge < -0.3 is 15.1 Å². The highest BCUT2D eigenvalue weighted by molar-refractivity contribution is 6.02. The summed E-state index contributed by atoms with van der Waals surface area (Å²) < 4.78 is 26.0. The van der Waals surface area contributed by atoms with Gasteiger partial charge in [-0.1, -0.05) is 0 Å². The van der Waals surface area contributed by atoms with E-state index in [0.29, 0.717) is 11.4 Å². The normalized spacial score (nSPS) is 14.0. The summed E-state index contributed by atoms with van der Waals surface area (Å²) in [5.74, 6) is -0.934. The van der Waals surface area contributed by atoms with E-state index in [4.69, 9.17) is 0 Å². The first-order valence-electron chi connectivity index (χ1n) is 9.37. The zero-order chi connectivity index (χ0) is 20.2. The van der Waals surface area contributed by atoms with Gasteiger partial charge in [-0.3, -0.25) is 4.79 Å². The Morgan fingerprint density at radius 1 is 0.759 bits per heavy atom. The predicted molar refractivity (Wildman–Crippen MR) is 109 cm³/mol. The van der Waals surface area contributed by atoms with Crippen LogP contribution in [0.15, 0.2) is 66.9 Å². The third-order valence-electron chi connectivity index (χ3n) is 4.92. The Balaban J connectivity index is 1.35. The summed E-state index contributed by atoms with van der Waals surface area (Å²) in [4.78, 5) is 21.0. The van der Waals surface area contributed by atoms with Gasteiger partial charge in [0, 0.05) is 37.6 Å². The van der Waals surface area contributed by atoms with E-state index in [0.717, 1.165) is 37.6 Å². The van der Waals surface area contributed by atoms with Crippen LogP contribution in [0.4, 0.5) is 25.8 Å².